The molecular weight excluding hydrogens is 366 g/mol. The second-order valence-electron chi connectivity index (χ2n) is 5.61. The van der Waals surface area contributed by atoms with Gasteiger partial charge in [0.05, 0.1) is 11.1 Å². The minimum absolute atomic E-state index is 0.0251. The Morgan fingerprint density at radius 1 is 1.26 bits per heavy atom. The fourth-order valence-electron chi connectivity index (χ4n) is 2.21. The van der Waals surface area contributed by atoms with Crippen LogP contribution in [0.4, 0.5) is 11.6 Å². The number of nitrogens with two attached hydrogens (primary N) is 1. The smallest absolute Gasteiger partial charge is 0.269 e. The molecule has 0 spiro atoms. The average Bonchev–Trinajstić information content (AvgIpc) is 3.01. The zero-order chi connectivity index (χ0) is 19.2. The fourth-order valence-corrected chi connectivity index (χ4v) is 3.15. The molecule has 0 fully saturated rings. The number of nitro groups is 1. The molecule has 0 saturated heterocycles. The SMILES string of the molecule is Cc1ccccc1CSc1nnc(N/N=C/c2ccc([N+](=O)[O-])cc2)n1N. The molecule has 0 aliphatic carbocycles. The van der Waals surface area contributed by atoms with Crippen LogP contribution in [-0.2, 0) is 5.75 Å². The van der Waals surface area contributed by atoms with Crippen LogP contribution in [-0.4, -0.2) is 26.0 Å². The van der Waals surface area contributed by atoms with Gasteiger partial charge in [-0.15, -0.1) is 10.2 Å². The maximum absolute atomic E-state index is 10.6. The Labute approximate surface area is 159 Å². The second-order valence-corrected chi connectivity index (χ2v) is 6.55. The van der Waals surface area contributed by atoms with Crippen molar-refractivity contribution in [2.75, 3.05) is 11.3 Å². The Bertz CT molecular complexity index is 970. The van der Waals surface area contributed by atoms with E-state index < -0.39 is 4.92 Å². The van der Waals surface area contributed by atoms with Crippen LogP contribution in [0.15, 0.2) is 58.8 Å². The highest BCUT2D eigenvalue weighted by Crippen LogP contribution is 2.23. The van der Waals surface area contributed by atoms with Crippen LogP contribution in [0.5, 0.6) is 0 Å². The summed E-state index contributed by atoms with van der Waals surface area (Å²) in [6.07, 6.45) is 1.51. The molecule has 2 aromatic carbocycles. The molecular formula is C17H17N7O2S. The molecule has 0 unspecified atom stereocenters. The highest BCUT2D eigenvalue weighted by molar-refractivity contribution is 7.98. The number of aryl methyl sites for hydroxylation is 1. The Balaban J connectivity index is 1.60. The quantitative estimate of drug-likeness (QED) is 0.211. The monoisotopic (exact) mass is 383 g/mol. The van der Waals surface area contributed by atoms with Crippen LogP contribution in [0.3, 0.4) is 0 Å². The predicted molar refractivity (Wildman–Crippen MR) is 105 cm³/mol. The highest BCUT2D eigenvalue weighted by Gasteiger charge is 2.10. The third-order valence-electron chi connectivity index (χ3n) is 3.76. The normalized spacial score (nSPS) is 11.0. The van der Waals surface area contributed by atoms with Gasteiger partial charge in [-0.05, 0) is 35.7 Å². The van der Waals surface area contributed by atoms with E-state index in [9.17, 15) is 10.1 Å². The van der Waals surface area contributed by atoms with E-state index in [4.69, 9.17) is 5.84 Å². The molecule has 0 aliphatic heterocycles. The summed E-state index contributed by atoms with van der Waals surface area (Å²) in [6.45, 7) is 2.06. The Morgan fingerprint density at radius 2 is 2.00 bits per heavy atom. The molecule has 0 bridgehead atoms. The zero-order valence-corrected chi connectivity index (χ0v) is 15.3. The number of rotatable bonds is 7. The van der Waals surface area contributed by atoms with Crippen molar-refractivity contribution in [1.29, 1.82) is 0 Å². The number of thioether (sulfide) groups is 1. The van der Waals surface area contributed by atoms with Gasteiger partial charge < -0.3 is 5.84 Å². The summed E-state index contributed by atoms with van der Waals surface area (Å²) in [4.78, 5) is 10.2. The second kappa shape index (κ2) is 8.32. The van der Waals surface area contributed by atoms with E-state index in [1.54, 1.807) is 12.1 Å². The summed E-state index contributed by atoms with van der Waals surface area (Å²) in [5.74, 6) is 7.02. The lowest BCUT2D eigenvalue weighted by atomic mass is 10.1. The van der Waals surface area contributed by atoms with E-state index in [1.807, 2.05) is 12.1 Å². The van der Waals surface area contributed by atoms with E-state index in [-0.39, 0.29) is 5.69 Å². The first-order valence-corrected chi connectivity index (χ1v) is 8.94. The topological polar surface area (TPSA) is 124 Å². The van der Waals surface area contributed by atoms with E-state index in [0.717, 1.165) is 5.75 Å². The summed E-state index contributed by atoms with van der Waals surface area (Å²) < 4.78 is 1.33. The molecule has 0 amide bonds. The largest absolute Gasteiger partial charge is 0.334 e. The first-order valence-electron chi connectivity index (χ1n) is 7.96. The molecule has 9 nitrogen and oxygen atoms in total. The molecule has 0 saturated carbocycles. The minimum atomic E-state index is -0.452. The van der Waals surface area contributed by atoms with E-state index in [2.05, 4.69) is 39.8 Å². The lowest BCUT2D eigenvalue weighted by Crippen LogP contribution is -2.13. The average molecular weight is 383 g/mol. The first-order chi connectivity index (χ1) is 13.0. The standard InChI is InChI=1S/C17H17N7O2S/c1-12-4-2-3-5-14(12)11-27-17-22-21-16(23(17)18)20-19-10-13-6-8-15(9-7-13)24(25)26/h2-10H,11,18H2,1H3,(H,20,21)/b19-10+. The van der Waals surface area contributed by atoms with Crippen LogP contribution in [0, 0.1) is 17.0 Å². The molecule has 3 aromatic rings. The maximum atomic E-state index is 10.6. The Kier molecular flexibility index (Phi) is 5.67. The van der Waals surface area contributed by atoms with Gasteiger partial charge in [0.1, 0.15) is 0 Å². The van der Waals surface area contributed by atoms with Crippen LogP contribution in [0.25, 0.3) is 0 Å². The number of nitrogens with zero attached hydrogens (tertiary/aromatic N) is 5. The van der Waals surface area contributed by atoms with E-state index >= 15 is 0 Å². The number of hydrogen-bond acceptors (Lipinski definition) is 8. The number of aromatic nitrogens is 3. The molecule has 0 atom stereocenters. The lowest BCUT2D eigenvalue weighted by Gasteiger charge is -2.05. The summed E-state index contributed by atoms with van der Waals surface area (Å²) in [5.41, 5.74) is 5.85. The number of benzene rings is 2. The van der Waals surface area contributed by atoms with Gasteiger partial charge in [-0.1, -0.05) is 36.0 Å². The number of anilines is 1. The van der Waals surface area contributed by atoms with Crippen LogP contribution < -0.4 is 11.3 Å². The van der Waals surface area contributed by atoms with Gasteiger partial charge in [0, 0.05) is 17.9 Å². The van der Waals surface area contributed by atoms with Crippen LogP contribution >= 0.6 is 11.8 Å². The van der Waals surface area contributed by atoms with Crippen LogP contribution in [0.1, 0.15) is 16.7 Å². The number of nitrogens with one attached hydrogen (secondary N) is 1. The number of hydrogen-bond donors (Lipinski definition) is 2. The number of hydrazone groups is 1. The third-order valence-corrected chi connectivity index (χ3v) is 4.76. The molecule has 1 aromatic heterocycles. The van der Waals surface area contributed by atoms with Crippen molar-refractivity contribution in [3.8, 4) is 0 Å². The third kappa shape index (κ3) is 4.61. The van der Waals surface area contributed by atoms with Crippen molar-refractivity contribution < 1.29 is 4.92 Å². The van der Waals surface area contributed by atoms with Gasteiger partial charge in [0.15, 0.2) is 0 Å². The van der Waals surface area contributed by atoms with Crippen molar-refractivity contribution in [3.05, 3.63) is 75.3 Å². The van der Waals surface area contributed by atoms with Crippen molar-refractivity contribution in [2.24, 2.45) is 5.10 Å². The van der Waals surface area contributed by atoms with Crippen molar-refractivity contribution in [2.45, 2.75) is 17.8 Å². The molecule has 10 heteroatoms. The van der Waals surface area contributed by atoms with Crippen LogP contribution in [0.2, 0.25) is 0 Å². The molecule has 3 N–H and O–H groups in total. The molecule has 0 aliphatic rings. The lowest BCUT2D eigenvalue weighted by molar-refractivity contribution is -0.384. The number of nitrogen functional groups attached to an aromatic ring is 1. The molecule has 3 rings (SSSR count). The van der Waals surface area contributed by atoms with Gasteiger partial charge in [0.25, 0.3) is 11.6 Å². The van der Waals surface area contributed by atoms with Crippen molar-refractivity contribution >= 4 is 29.6 Å². The summed E-state index contributed by atoms with van der Waals surface area (Å²) >= 11 is 1.48. The Hall–Kier alpha value is -3.40. The molecule has 138 valence electrons. The van der Waals surface area contributed by atoms with Gasteiger partial charge in [0.2, 0.25) is 5.16 Å². The zero-order valence-electron chi connectivity index (χ0n) is 14.4. The molecule has 27 heavy (non-hydrogen) atoms. The fraction of sp³-hybridized carbons (Fsp3) is 0.118. The van der Waals surface area contributed by atoms with Gasteiger partial charge >= 0.3 is 0 Å². The summed E-state index contributed by atoms with van der Waals surface area (Å²) in [5, 5.41) is 23.3. The minimum Gasteiger partial charge on any atom is -0.334 e. The van der Waals surface area contributed by atoms with E-state index in [0.29, 0.717) is 16.7 Å². The first kappa shape index (κ1) is 18.4. The van der Waals surface area contributed by atoms with Crippen molar-refractivity contribution in [3.63, 3.8) is 0 Å². The maximum Gasteiger partial charge on any atom is 0.269 e. The predicted octanol–water partition coefficient (Wildman–Crippen LogP) is 2.95. The molecule has 0 radical (unpaired) electrons. The van der Waals surface area contributed by atoms with Crippen molar-refractivity contribution in [1.82, 2.24) is 14.9 Å². The summed E-state index contributed by atoms with van der Waals surface area (Å²) in [6, 6.07) is 14.1. The Morgan fingerprint density at radius 3 is 2.70 bits per heavy atom. The van der Waals surface area contributed by atoms with Gasteiger partial charge in [-0.2, -0.15) is 5.10 Å². The number of non-ortho nitro benzene ring substituents is 1. The number of nitro benzene ring substituents is 1. The highest BCUT2D eigenvalue weighted by atomic mass is 32.2. The van der Waals surface area contributed by atoms with Gasteiger partial charge in [-0.3, -0.25) is 10.1 Å². The van der Waals surface area contributed by atoms with E-state index in [1.165, 1.54) is 45.9 Å². The van der Waals surface area contributed by atoms with Gasteiger partial charge in [-0.25, -0.2) is 10.1 Å². The summed E-state index contributed by atoms with van der Waals surface area (Å²) in [7, 11) is 0. The molecule has 1 heterocycles.